The quantitative estimate of drug-likeness (QED) is 0.570. The molecule has 0 saturated carbocycles. The molecule has 0 saturated heterocycles. The zero-order chi connectivity index (χ0) is 21.2. The largest absolute Gasteiger partial charge is 0.352 e. The van der Waals surface area contributed by atoms with Gasteiger partial charge in [0.05, 0.1) is 5.75 Å². The number of benzene rings is 2. The average molecular weight is 413 g/mol. The van der Waals surface area contributed by atoms with Crippen LogP contribution in [-0.2, 0) is 16.1 Å². The third-order valence-electron chi connectivity index (χ3n) is 5.09. The molecule has 0 spiro atoms. The second-order valence-electron chi connectivity index (χ2n) is 7.29. The van der Waals surface area contributed by atoms with Crippen LogP contribution in [0.25, 0.3) is 0 Å². The lowest BCUT2D eigenvalue weighted by Crippen LogP contribution is -2.51. The van der Waals surface area contributed by atoms with Gasteiger partial charge in [0.25, 0.3) is 0 Å². The van der Waals surface area contributed by atoms with Crippen LogP contribution in [0.15, 0.2) is 59.5 Å². The third kappa shape index (κ3) is 6.93. The molecule has 0 aliphatic rings. The van der Waals surface area contributed by atoms with Crippen LogP contribution in [-0.4, -0.2) is 34.6 Å². The van der Waals surface area contributed by atoms with E-state index in [0.29, 0.717) is 18.7 Å². The van der Waals surface area contributed by atoms with Gasteiger partial charge in [0.1, 0.15) is 6.04 Å². The van der Waals surface area contributed by atoms with Gasteiger partial charge in [-0.15, -0.1) is 11.8 Å². The second-order valence-corrected chi connectivity index (χ2v) is 8.34. The number of nitrogens with one attached hydrogen (secondary N) is 1. The zero-order valence-electron chi connectivity index (χ0n) is 17.9. The van der Waals surface area contributed by atoms with E-state index < -0.39 is 6.04 Å². The topological polar surface area (TPSA) is 49.4 Å². The van der Waals surface area contributed by atoms with Crippen molar-refractivity contribution in [3.05, 3.63) is 65.7 Å². The summed E-state index contributed by atoms with van der Waals surface area (Å²) in [6.07, 6.45) is 1.44. The number of carbonyl (C=O) groups is 2. The van der Waals surface area contributed by atoms with Gasteiger partial charge >= 0.3 is 0 Å². The van der Waals surface area contributed by atoms with E-state index in [1.165, 1.54) is 11.8 Å². The summed E-state index contributed by atoms with van der Waals surface area (Å²) in [4.78, 5) is 28.9. The summed E-state index contributed by atoms with van der Waals surface area (Å²) in [5, 5.41) is 3.05. The lowest BCUT2D eigenvalue weighted by molar-refractivity contribution is -0.139. The second kappa shape index (κ2) is 11.7. The van der Waals surface area contributed by atoms with Gasteiger partial charge in [0.2, 0.25) is 11.8 Å². The standard InChI is InChI=1S/C24H32N2O2S/c1-5-19(4)25-24(28)22(6-2)26(16-20-13-11-10-12-18(20)3)23(27)17-29-21-14-8-7-9-15-21/h7-15,19,22H,5-6,16-17H2,1-4H3,(H,25,28)/t19-,22+/m0/s1. The van der Waals surface area contributed by atoms with Crippen molar-refractivity contribution in [2.75, 3.05) is 5.75 Å². The maximum Gasteiger partial charge on any atom is 0.243 e. The summed E-state index contributed by atoms with van der Waals surface area (Å²) in [6.45, 7) is 8.47. The molecule has 0 fully saturated rings. The zero-order valence-corrected chi connectivity index (χ0v) is 18.7. The first kappa shape index (κ1) is 23.0. The molecule has 0 bridgehead atoms. The minimum absolute atomic E-state index is 0.0201. The number of thioether (sulfide) groups is 1. The fraction of sp³-hybridized carbons (Fsp3) is 0.417. The van der Waals surface area contributed by atoms with Gasteiger partial charge in [-0.2, -0.15) is 0 Å². The first-order chi connectivity index (χ1) is 14.0. The summed E-state index contributed by atoms with van der Waals surface area (Å²) in [6, 6.07) is 17.5. The SMILES string of the molecule is CC[C@H](C(=O)N[C@@H](C)CC)N(Cc1ccccc1C)C(=O)CSc1ccccc1. The van der Waals surface area contributed by atoms with Gasteiger partial charge < -0.3 is 10.2 Å². The minimum atomic E-state index is -0.479. The highest BCUT2D eigenvalue weighted by Crippen LogP contribution is 2.21. The Morgan fingerprint density at radius 3 is 2.28 bits per heavy atom. The minimum Gasteiger partial charge on any atom is -0.352 e. The van der Waals surface area contributed by atoms with E-state index in [0.717, 1.165) is 22.4 Å². The van der Waals surface area contributed by atoms with Crippen LogP contribution in [0.4, 0.5) is 0 Å². The summed E-state index contributed by atoms with van der Waals surface area (Å²) in [5.74, 6) is 0.213. The van der Waals surface area contributed by atoms with E-state index in [1.807, 2.05) is 82.3 Å². The summed E-state index contributed by atoms with van der Waals surface area (Å²) in [7, 11) is 0. The predicted molar refractivity (Wildman–Crippen MR) is 121 cm³/mol. The highest BCUT2D eigenvalue weighted by atomic mass is 32.2. The van der Waals surface area contributed by atoms with Crippen LogP contribution in [0.5, 0.6) is 0 Å². The van der Waals surface area contributed by atoms with Crippen molar-refractivity contribution in [3.8, 4) is 0 Å². The molecule has 5 heteroatoms. The van der Waals surface area contributed by atoms with Crippen molar-refractivity contribution in [2.24, 2.45) is 0 Å². The van der Waals surface area contributed by atoms with E-state index in [2.05, 4.69) is 5.32 Å². The molecule has 0 heterocycles. The fourth-order valence-electron chi connectivity index (χ4n) is 3.08. The maximum atomic E-state index is 13.2. The van der Waals surface area contributed by atoms with Crippen molar-refractivity contribution in [1.82, 2.24) is 10.2 Å². The molecule has 0 aromatic heterocycles. The molecule has 4 nitrogen and oxygen atoms in total. The normalized spacial score (nSPS) is 12.8. The number of hydrogen-bond acceptors (Lipinski definition) is 3. The molecular formula is C24H32N2O2S. The van der Waals surface area contributed by atoms with E-state index in [9.17, 15) is 9.59 Å². The Morgan fingerprint density at radius 2 is 1.66 bits per heavy atom. The highest BCUT2D eigenvalue weighted by Gasteiger charge is 2.29. The van der Waals surface area contributed by atoms with E-state index >= 15 is 0 Å². The Labute approximate surface area is 179 Å². The van der Waals surface area contributed by atoms with Gasteiger partial charge in [-0.05, 0) is 49.9 Å². The number of hydrogen-bond donors (Lipinski definition) is 1. The van der Waals surface area contributed by atoms with Gasteiger partial charge in [0, 0.05) is 17.5 Å². The van der Waals surface area contributed by atoms with Gasteiger partial charge in [0.15, 0.2) is 0 Å². The molecule has 0 aliphatic carbocycles. The van der Waals surface area contributed by atoms with E-state index in [4.69, 9.17) is 0 Å². The Morgan fingerprint density at radius 1 is 1.00 bits per heavy atom. The Hall–Kier alpha value is -2.27. The number of rotatable bonds is 10. The Bertz CT molecular complexity index is 794. The highest BCUT2D eigenvalue weighted by molar-refractivity contribution is 8.00. The first-order valence-electron chi connectivity index (χ1n) is 10.3. The fourth-order valence-corrected chi connectivity index (χ4v) is 3.88. The molecule has 2 aromatic rings. The maximum absolute atomic E-state index is 13.2. The summed E-state index contributed by atoms with van der Waals surface area (Å²) < 4.78 is 0. The number of nitrogens with zero attached hydrogens (tertiary/aromatic N) is 1. The van der Waals surface area contributed by atoms with Crippen LogP contribution >= 0.6 is 11.8 Å². The van der Waals surface area contributed by atoms with Crippen molar-refractivity contribution >= 4 is 23.6 Å². The summed E-state index contributed by atoms with van der Waals surface area (Å²) >= 11 is 1.51. The van der Waals surface area contributed by atoms with Crippen LogP contribution < -0.4 is 5.32 Å². The monoisotopic (exact) mass is 412 g/mol. The predicted octanol–water partition coefficient (Wildman–Crippen LogP) is 4.81. The van der Waals surface area contributed by atoms with E-state index in [1.54, 1.807) is 4.90 Å². The van der Waals surface area contributed by atoms with Crippen molar-refractivity contribution in [1.29, 1.82) is 0 Å². The number of amides is 2. The molecular weight excluding hydrogens is 380 g/mol. The molecule has 2 aromatic carbocycles. The van der Waals surface area contributed by atoms with Crippen molar-refractivity contribution in [2.45, 2.75) is 64.1 Å². The van der Waals surface area contributed by atoms with Gasteiger partial charge in [-0.1, -0.05) is 56.3 Å². The lowest BCUT2D eigenvalue weighted by atomic mass is 10.1. The molecule has 2 rings (SSSR count). The van der Waals surface area contributed by atoms with E-state index in [-0.39, 0.29) is 17.9 Å². The first-order valence-corrected chi connectivity index (χ1v) is 11.3. The molecule has 2 amide bonds. The molecule has 1 N–H and O–H groups in total. The Balaban J connectivity index is 2.22. The van der Waals surface area contributed by atoms with Gasteiger partial charge in [-0.3, -0.25) is 9.59 Å². The lowest BCUT2D eigenvalue weighted by Gasteiger charge is -2.32. The molecule has 0 radical (unpaired) electrons. The van der Waals surface area contributed by atoms with Crippen LogP contribution in [0.2, 0.25) is 0 Å². The van der Waals surface area contributed by atoms with Crippen molar-refractivity contribution in [3.63, 3.8) is 0 Å². The molecule has 0 aliphatic heterocycles. The third-order valence-corrected chi connectivity index (χ3v) is 6.09. The molecule has 156 valence electrons. The van der Waals surface area contributed by atoms with Crippen LogP contribution in [0.3, 0.4) is 0 Å². The number of carbonyl (C=O) groups excluding carboxylic acids is 2. The molecule has 29 heavy (non-hydrogen) atoms. The molecule has 0 unspecified atom stereocenters. The van der Waals surface area contributed by atoms with Crippen LogP contribution in [0, 0.1) is 6.92 Å². The molecule has 2 atom stereocenters. The Kier molecular flexibility index (Phi) is 9.26. The van der Waals surface area contributed by atoms with Crippen LogP contribution in [0.1, 0.15) is 44.7 Å². The average Bonchev–Trinajstić information content (AvgIpc) is 2.73. The summed E-state index contributed by atoms with van der Waals surface area (Å²) in [5.41, 5.74) is 2.19. The smallest absolute Gasteiger partial charge is 0.243 e. The number of aryl methyl sites for hydroxylation is 1. The van der Waals surface area contributed by atoms with Gasteiger partial charge in [-0.25, -0.2) is 0 Å². The van der Waals surface area contributed by atoms with Crippen molar-refractivity contribution < 1.29 is 9.59 Å².